The van der Waals surface area contributed by atoms with E-state index in [2.05, 4.69) is 29.4 Å². The van der Waals surface area contributed by atoms with Crippen LogP contribution in [-0.2, 0) is 12.8 Å². The SMILES string of the molecule is CCSc1nnc(NC(=O)c2cc3c(s2)CC[C@H](C)C3)s1. The van der Waals surface area contributed by atoms with Gasteiger partial charge in [-0.2, -0.15) is 0 Å². The van der Waals surface area contributed by atoms with Gasteiger partial charge in [0.2, 0.25) is 5.13 Å². The van der Waals surface area contributed by atoms with E-state index in [1.54, 1.807) is 23.1 Å². The smallest absolute Gasteiger partial charge is 0.267 e. The number of nitrogens with one attached hydrogen (secondary N) is 1. The number of anilines is 1. The summed E-state index contributed by atoms with van der Waals surface area (Å²) in [6.45, 7) is 4.34. The van der Waals surface area contributed by atoms with Crippen LogP contribution in [0.1, 0.15) is 40.4 Å². The van der Waals surface area contributed by atoms with Crippen molar-refractivity contribution in [3.05, 3.63) is 21.4 Å². The number of carbonyl (C=O) groups is 1. The Labute approximate surface area is 136 Å². The molecule has 21 heavy (non-hydrogen) atoms. The molecule has 1 amide bonds. The first kappa shape index (κ1) is 15.0. The van der Waals surface area contributed by atoms with E-state index in [1.807, 2.05) is 6.07 Å². The third-order valence-electron chi connectivity index (χ3n) is 3.45. The van der Waals surface area contributed by atoms with Gasteiger partial charge in [0.25, 0.3) is 5.91 Å². The second-order valence-corrected chi connectivity index (χ2v) is 8.79. The Kier molecular flexibility index (Phi) is 4.61. The highest BCUT2D eigenvalue weighted by atomic mass is 32.2. The number of aromatic nitrogens is 2. The van der Waals surface area contributed by atoms with E-state index in [0.717, 1.165) is 33.7 Å². The molecule has 0 radical (unpaired) electrons. The molecular weight excluding hydrogens is 322 g/mol. The van der Waals surface area contributed by atoms with E-state index < -0.39 is 0 Å². The minimum Gasteiger partial charge on any atom is -0.296 e. The summed E-state index contributed by atoms with van der Waals surface area (Å²) in [5.41, 5.74) is 1.35. The van der Waals surface area contributed by atoms with E-state index in [9.17, 15) is 4.79 Å². The molecule has 3 rings (SSSR count). The van der Waals surface area contributed by atoms with Gasteiger partial charge in [0.05, 0.1) is 4.88 Å². The maximum atomic E-state index is 12.3. The normalized spacial score (nSPS) is 17.5. The number of thioether (sulfide) groups is 1. The van der Waals surface area contributed by atoms with Gasteiger partial charge in [-0.05, 0) is 42.6 Å². The quantitative estimate of drug-likeness (QED) is 0.673. The van der Waals surface area contributed by atoms with Crippen LogP contribution >= 0.6 is 34.4 Å². The fraction of sp³-hybridized carbons (Fsp3) is 0.500. The van der Waals surface area contributed by atoms with E-state index >= 15 is 0 Å². The maximum Gasteiger partial charge on any atom is 0.267 e. The number of aryl methyl sites for hydroxylation is 1. The molecule has 0 aliphatic heterocycles. The van der Waals surface area contributed by atoms with E-state index in [0.29, 0.717) is 5.13 Å². The predicted molar refractivity (Wildman–Crippen MR) is 89.8 cm³/mol. The van der Waals surface area contributed by atoms with Gasteiger partial charge in [-0.3, -0.25) is 10.1 Å². The Hall–Kier alpha value is -0.920. The number of hydrogen-bond donors (Lipinski definition) is 1. The summed E-state index contributed by atoms with van der Waals surface area (Å²) in [4.78, 5) is 14.5. The predicted octanol–water partition coefficient (Wildman–Crippen LogP) is 4.09. The zero-order valence-corrected chi connectivity index (χ0v) is 14.5. The molecule has 112 valence electrons. The van der Waals surface area contributed by atoms with Crippen molar-refractivity contribution < 1.29 is 4.79 Å². The molecule has 7 heteroatoms. The number of thiophene rings is 1. The minimum atomic E-state index is -0.0637. The number of nitrogens with zero attached hydrogens (tertiary/aromatic N) is 2. The zero-order chi connectivity index (χ0) is 14.8. The molecule has 1 aliphatic rings. The second-order valence-electron chi connectivity index (χ2n) is 5.17. The van der Waals surface area contributed by atoms with Crippen LogP contribution in [0.2, 0.25) is 0 Å². The first-order valence-corrected chi connectivity index (χ1v) is 9.66. The summed E-state index contributed by atoms with van der Waals surface area (Å²) in [6, 6.07) is 2.05. The van der Waals surface area contributed by atoms with Gasteiger partial charge in [-0.1, -0.05) is 36.9 Å². The molecule has 0 saturated heterocycles. The third kappa shape index (κ3) is 3.46. The maximum absolute atomic E-state index is 12.3. The Morgan fingerprint density at radius 1 is 1.48 bits per heavy atom. The summed E-state index contributed by atoms with van der Waals surface area (Å²) in [5, 5.41) is 11.5. The topological polar surface area (TPSA) is 54.9 Å². The van der Waals surface area contributed by atoms with Gasteiger partial charge in [0, 0.05) is 4.88 Å². The molecule has 0 unspecified atom stereocenters. The van der Waals surface area contributed by atoms with Crippen molar-refractivity contribution in [3.8, 4) is 0 Å². The molecule has 2 heterocycles. The Morgan fingerprint density at radius 2 is 2.33 bits per heavy atom. The number of fused-ring (bicyclic) bond motifs is 1. The van der Waals surface area contributed by atoms with Gasteiger partial charge in [-0.25, -0.2) is 0 Å². The highest BCUT2D eigenvalue weighted by Crippen LogP contribution is 2.33. The summed E-state index contributed by atoms with van der Waals surface area (Å²) in [6.07, 6.45) is 3.42. The zero-order valence-electron chi connectivity index (χ0n) is 12.0. The van der Waals surface area contributed by atoms with Crippen molar-refractivity contribution in [2.24, 2.45) is 5.92 Å². The summed E-state index contributed by atoms with van der Waals surface area (Å²) in [5.74, 6) is 1.62. The minimum absolute atomic E-state index is 0.0637. The average molecular weight is 340 g/mol. The lowest BCUT2D eigenvalue weighted by Crippen LogP contribution is -2.10. The van der Waals surface area contributed by atoms with E-state index in [-0.39, 0.29) is 5.91 Å². The first-order valence-electron chi connectivity index (χ1n) is 7.05. The van der Waals surface area contributed by atoms with Crippen molar-refractivity contribution in [2.75, 3.05) is 11.1 Å². The van der Waals surface area contributed by atoms with Crippen molar-refractivity contribution in [3.63, 3.8) is 0 Å². The van der Waals surface area contributed by atoms with Gasteiger partial charge < -0.3 is 0 Å². The standard InChI is InChI=1S/C14H17N3OS3/c1-3-19-14-17-16-13(21-14)15-12(18)11-7-9-6-8(2)4-5-10(9)20-11/h7-8H,3-6H2,1-2H3,(H,15,16,18)/t8-/m0/s1. The second kappa shape index (κ2) is 6.46. The summed E-state index contributed by atoms with van der Waals surface area (Å²) >= 11 is 4.69. The van der Waals surface area contributed by atoms with Crippen molar-refractivity contribution in [1.29, 1.82) is 0 Å². The Balaban J connectivity index is 1.70. The molecular formula is C14H17N3OS3. The number of carbonyl (C=O) groups excluding carboxylic acids is 1. The highest BCUT2D eigenvalue weighted by molar-refractivity contribution is 8.01. The van der Waals surface area contributed by atoms with E-state index in [4.69, 9.17) is 0 Å². The Bertz CT molecular complexity index is 650. The highest BCUT2D eigenvalue weighted by Gasteiger charge is 2.21. The number of hydrogen-bond acceptors (Lipinski definition) is 6. The molecule has 0 aromatic carbocycles. The van der Waals surface area contributed by atoms with Crippen molar-refractivity contribution >= 4 is 45.5 Å². The number of amides is 1. The fourth-order valence-electron chi connectivity index (χ4n) is 2.42. The van der Waals surface area contributed by atoms with Crippen LogP contribution in [0.15, 0.2) is 10.4 Å². The molecule has 1 N–H and O–H groups in total. The van der Waals surface area contributed by atoms with Crippen LogP contribution in [0.3, 0.4) is 0 Å². The monoisotopic (exact) mass is 339 g/mol. The molecule has 0 fully saturated rings. The average Bonchev–Trinajstić information content (AvgIpc) is 3.05. The van der Waals surface area contributed by atoms with Crippen LogP contribution < -0.4 is 5.32 Å². The fourth-order valence-corrected chi connectivity index (χ4v) is 5.17. The van der Waals surface area contributed by atoms with E-state index in [1.165, 1.54) is 28.2 Å². The largest absolute Gasteiger partial charge is 0.296 e. The molecule has 1 aliphatic carbocycles. The molecule has 0 saturated carbocycles. The summed E-state index contributed by atoms with van der Waals surface area (Å²) < 4.78 is 0.895. The van der Waals surface area contributed by atoms with Crippen molar-refractivity contribution in [1.82, 2.24) is 10.2 Å². The molecule has 0 bridgehead atoms. The van der Waals surface area contributed by atoms with Crippen LogP contribution in [-0.4, -0.2) is 21.9 Å². The number of rotatable bonds is 4. The van der Waals surface area contributed by atoms with Gasteiger partial charge in [0.15, 0.2) is 4.34 Å². The Morgan fingerprint density at radius 3 is 3.14 bits per heavy atom. The summed E-state index contributed by atoms with van der Waals surface area (Å²) in [7, 11) is 0. The van der Waals surface area contributed by atoms with Crippen LogP contribution in [0, 0.1) is 5.92 Å². The third-order valence-corrected chi connectivity index (χ3v) is 6.54. The molecule has 2 aromatic rings. The lowest BCUT2D eigenvalue weighted by molar-refractivity contribution is 0.103. The molecule has 0 spiro atoms. The van der Waals surface area contributed by atoms with Crippen molar-refractivity contribution in [2.45, 2.75) is 37.4 Å². The molecule has 1 atom stereocenters. The van der Waals surface area contributed by atoms with Gasteiger partial charge in [-0.15, -0.1) is 21.5 Å². The lowest BCUT2D eigenvalue weighted by Gasteiger charge is -2.16. The first-order chi connectivity index (χ1) is 10.2. The van der Waals surface area contributed by atoms with Gasteiger partial charge >= 0.3 is 0 Å². The van der Waals surface area contributed by atoms with Crippen LogP contribution in [0.5, 0.6) is 0 Å². The van der Waals surface area contributed by atoms with Gasteiger partial charge in [0.1, 0.15) is 0 Å². The lowest BCUT2D eigenvalue weighted by atomic mass is 9.90. The molecule has 4 nitrogen and oxygen atoms in total. The van der Waals surface area contributed by atoms with Crippen LogP contribution in [0.25, 0.3) is 0 Å². The van der Waals surface area contributed by atoms with Crippen LogP contribution in [0.4, 0.5) is 5.13 Å². The molecule has 2 aromatic heterocycles.